The Morgan fingerprint density at radius 3 is 2.71 bits per heavy atom. The lowest BCUT2D eigenvalue weighted by atomic mass is 9.79. The summed E-state index contributed by atoms with van der Waals surface area (Å²) in [4.78, 5) is 0. The number of halogens is 1. The van der Waals surface area contributed by atoms with Gasteiger partial charge in [-0.05, 0) is 60.8 Å². The SMILES string of the molecule is NC(Cc1ccccc1Cl)CC1CCCc2ccccc21. The van der Waals surface area contributed by atoms with Crippen molar-refractivity contribution in [1.29, 1.82) is 0 Å². The van der Waals surface area contributed by atoms with Crippen LogP contribution in [0, 0.1) is 0 Å². The third kappa shape index (κ3) is 3.48. The zero-order chi connectivity index (χ0) is 14.7. The van der Waals surface area contributed by atoms with Crippen molar-refractivity contribution in [2.75, 3.05) is 0 Å². The maximum atomic E-state index is 6.40. The maximum absolute atomic E-state index is 6.40. The normalized spacial score (nSPS) is 19.0. The zero-order valence-electron chi connectivity index (χ0n) is 12.3. The molecule has 1 aliphatic rings. The molecule has 3 rings (SSSR count). The van der Waals surface area contributed by atoms with Gasteiger partial charge < -0.3 is 5.73 Å². The van der Waals surface area contributed by atoms with E-state index in [2.05, 4.69) is 30.3 Å². The molecule has 2 heteroatoms. The Hall–Kier alpha value is -1.31. The molecule has 0 radical (unpaired) electrons. The van der Waals surface area contributed by atoms with Crippen LogP contribution in [0.2, 0.25) is 5.02 Å². The Labute approximate surface area is 132 Å². The molecular formula is C19H22ClN. The largest absolute Gasteiger partial charge is 0.327 e. The first-order chi connectivity index (χ1) is 10.2. The molecule has 2 unspecified atom stereocenters. The second-order valence-electron chi connectivity index (χ2n) is 6.08. The van der Waals surface area contributed by atoms with E-state index < -0.39 is 0 Å². The lowest BCUT2D eigenvalue weighted by molar-refractivity contribution is 0.466. The Kier molecular flexibility index (Phi) is 4.62. The van der Waals surface area contributed by atoms with E-state index in [0.717, 1.165) is 23.4 Å². The van der Waals surface area contributed by atoms with Crippen LogP contribution in [-0.4, -0.2) is 6.04 Å². The number of nitrogens with two attached hydrogens (primary N) is 1. The molecule has 0 bridgehead atoms. The average molecular weight is 300 g/mol. The van der Waals surface area contributed by atoms with Crippen LogP contribution in [0.3, 0.4) is 0 Å². The molecule has 2 aromatic carbocycles. The molecule has 0 aliphatic heterocycles. The summed E-state index contributed by atoms with van der Waals surface area (Å²) < 4.78 is 0. The van der Waals surface area contributed by atoms with Crippen molar-refractivity contribution in [1.82, 2.24) is 0 Å². The van der Waals surface area contributed by atoms with E-state index in [9.17, 15) is 0 Å². The van der Waals surface area contributed by atoms with Gasteiger partial charge in [0, 0.05) is 11.1 Å². The molecular weight excluding hydrogens is 278 g/mol. The van der Waals surface area contributed by atoms with Crippen molar-refractivity contribution in [3.8, 4) is 0 Å². The topological polar surface area (TPSA) is 26.0 Å². The van der Waals surface area contributed by atoms with Crippen LogP contribution in [0.25, 0.3) is 0 Å². The minimum atomic E-state index is 0.168. The second kappa shape index (κ2) is 6.64. The van der Waals surface area contributed by atoms with Gasteiger partial charge in [0.2, 0.25) is 0 Å². The lowest BCUT2D eigenvalue weighted by Crippen LogP contribution is -2.27. The van der Waals surface area contributed by atoms with E-state index in [-0.39, 0.29) is 6.04 Å². The fraction of sp³-hybridized carbons (Fsp3) is 0.368. The van der Waals surface area contributed by atoms with Gasteiger partial charge in [0.25, 0.3) is 0 Å². The van der Waals surface area contributed by atoms with Crippen LogP contribution in [0.15, 0.2) is 48.5 Å². The van der Waals surface area contributed by atoms with Crippen molar-refractivity contribution < 1.29 is 0 Å². The Bertz CT molecular complexity index is 608. The molecule has 2 atom stereocenters. The van der Waals surface area contributed by atoms with Crippen LogP contribution in [-0.2, 0) is 12.8 Å². The van der Waals surface area contributed by atoms with Gasteiger partial charge in [0.15, 0.2) is 0 Å². The van der Waals surface area contributed by atoms with E-state index in [1.165, 1.54) is 30.4 Å². The highest BCUT2D eigenvalue weighted by Crippen LogP contribution is 2.34. The Morgan fingerprint density at radius 1 is 1.10 bits per heavy atom. The highest BCUT2D eigenvalue weighted by Gasteiger charge is 2.22. The van der Waals surface area contributed by atoms with Crippen molar-refractivity contribution in [3.05, 3.63) is 70.2 Å². The predicted molar refractivity (Wildman–Crippen MR) is 89.9 cm³/mol. The third-order valence-electron chi connectivity index (χ3n) is 4.52. The lowest BCUT2D eigenvalue weighted by Gasteiger charge is -2.27. The van der Waals surface area contributed by atoms with Crippen molar-refractivity contribution >= 4 is 11.6 Å². The van der Waals surface area contributed by atoms with Gasteiger partial charge in [-0.25, -0.2) is 0 Å². The molecule has 0 saturated heterocycles. The van der Waals surface area contributed by atoms with Crippen LogP contribution in [0.4, 0.5) is 0 Å². The van der Waals surface area contributed by atoms with Crippen LogP contribution < -0.4 is 5.73 Å². The van der Waals surface area contributed by atoms with Gasteiger partial charge in [-0.3, -0.25) is 0 Å². The Morgan fingerprint density at radius 2 is 1.86 bits per heavy atom. The second-order valence-corrected chi connectivity index (χ2v) is 6.49. The van der Waals surface area contributed by atoms with E-state index in [1.807, 2.05) is 18.2 Å². The number of hydrogen-bond donors (Lipinski definition) is 1. The monoisotopic (exact) mass is 299 g/mol. The molecule has 2 aromatic rings. The summed E-state index contributed by atoms with van der Waals surface area (Å²) in [6.07, 6.45) is 5.65. The highest BCUT2D eigenvalue weighted by atomic mass is 35.5. The number of hydrogen-bond acceptors (Lipinski definition) is 1. The molecule has 0 aromatic heterocycles. The van der Waals surface area contributed by atoms with Crippen molar-refractivity contribution in [2.24, 2.45) is 5.73 Å². The summed E-state index contributed by atoms with van der Waals surface area (Å²) >= 11 is 6.24. The smallest absolute Gasteiger partial charge is 0.0438 e. The highest BCUT2D eigenvalue weighted by molar-refractivity contribution is 6.31. The molecule has 21 heavy (non-hydrogen) atoms. The molecule has 0 fully saturated rings. The van der Waals surface area contributed by atoms with E-state index in [0.29, 0.717) is 5.92 Å². The molecule has 0 saturated carbocycles. The fourth-order valence-electron chi connectivity index (χ4n) is 3.49. The standard InChI is InChI=1S/C19H22ClN/c20-19-11-4-2-7-16(19)13-17(21)12-15-9-5-8-14-6-1-3-10-18(14)15/h1-4,6-7,10-11,15,17H,5,8-9,12-13,21H2. The van der Waals surface area contributed by atoms with Crippen molar-refractivity contribution in [2.45, 2.75) is 44.1 Å². The maximum Gasteiger partial charge on any atom is 0.0438 e. The van der Waals surface area contributed by atoms with Gasteiger partial charge in [0.05, 0.1) is 0 Å². The van der Waals surface area contributed by atoms with Gasteiger partial charge in [-0.1, -0.05) is 54.1 Å². The molecule has 0 amide bonds. The average Bonchev–Trinajstić information content (AvgIpc) is 2.50. The molecule has 110 valence electrons. The molecule has 1 aliphatic carbocycles. The van der Waals surface area contributed by atoms with Gasteiger partial charge in [-0.15, -0.1) is 0 Å². The first-order valence-corrected chi connectivity index (χ1v) is 8.18. The molecule has 0 spiro atoms. The number of fused-ring (bicyclic) bond motifs is 1. The first kappa shape index (κ1) is 14.6. The number of rotatable bonds is 4. The van der Waals surface area contributed by atoms with Crippen LogP contribution in [0.1, 0.15) is 41.9 Å². The van der Waals surface area contributed by atoms with Gasteiger partial charge in [0.1, 0.15) is 0 Å². The van der Waals surface area contributed by atoms with E-state index in [4.69, 9.17) is 17.3 Å². The fourth-order valence-corrected chi connectivity index (χ4v) is 3.71. The summed E-state index contributed by atoms with van der Waals surface area (Å²) in [5, 5.41) is 0.831. The summed E-state index contributed by atoms with van der Waals surface area (Å²) in [7, 11) is 0. The van der Waals surface area contributed by atoms with E-state index >= 15 is 0 Å². The zero-order valence-corrected chi connectivity index (χ0v) is 13.0. The molecule has 1 nitrogen and oxygen atoms in total. The van der Waals surface area contributed by atoms with Crippen LogP contribution in [0.5, 0.6) is 0 Å². The minimum Gasteiger partial charge on any atom is -0.327 e. The van der Waals surface area contributed by atoms with Gasteiger partial charge >= 0.3 is 0 Å². The predicted octanol–water partition coefficient (Wildman–Crippen LogP) is 4.72. The van der Waals surface area contributed by atoms with Gasteiger partial charge in [-0.2, -0.15) is 0 Å². The first-order valence-electron chi connectivity index (χ1n) is 7.81. The van der Waals surface area contributed by atoms with E-state index in [1.54, 1.807) is 0 Å². The number of benzene rings is 2. The molecule has 0 heterocycles. The summed E-state index contributed by atoms with van der Waals surface area (Å²) in [6, 6.07) is 17.0. The summed E-state index contributed by atoms with van der Waals surface area (Å²) in [6.45, 7) is 0. The summed E-state index contributed by atoms with van der Waals surface area (Å²) in [5.74, 6) is 0.604. The Balaban J connectivity index is 1.69. The quantitative estimate of drug-likeness (QED) is 0.868. The van der Waals surface area contributed by atoms with Crippen molar-refractivity contribution in [3.63, 3.8) is 0 Å². The summed E-state index contributed by atoms with van der Waals surface area (Å²) in [5.41, 5.74) is 10.6. The number of aryl methyl sites for hydroxylation is 1. The molecule has 2 N–H and O–H groups in total. The minimum absolute atomic E-state index is 0.168. The van der Waals surface area contributed by atoms with Crippen LogP contribution >= 0.6 is 11.6 Å². The third-order valence-corrected chi connectivity index (χ3v) is 4.89.